The predicted octanol–water partition coefficient (Wildman–Crippen LogP) is 4.98. The molecule has 0 spiro atoms. The fourth-order valence-corrected chi connectivity index (χ4v) is 3.92. The maximum Gasteiger partial charge on any atom is 0.234 e. The molecule has 0 atom stereocenters. The molecule has 0 aliphatic heterocycles. The highest BCUT2D eigenvalue weighted by Crippen LogP contribution is 2.30. The molecule has 0 saturated carbocycles. The van der Waals surface area contributed by atoms with Crippen LogP contribution in [0, 0.1) is 0 Å². The van der Waals surface area contributed by atoms with Gasteiger partial charge in [-0.3, -0.25) is 9.36 Å². The Kier molecular flexibility index (Phi) is 6.59. The van der Waals surface area contributed by atoms with E-state index in [9.17, 15) is 4.79 Å². The third-order valence-electron chi connectivity index (χ3n) is 4.41. The topological polar surface area (TPSA) is 82.2 Å². The minimum atomic E-state index is -0.162. The molecule has 0 saturated heterocycles. The third kappa shape index (κ3) is 5.10. The Labute approximate surface area is 188 Å². The molecule has 0 fully saturated rings. The number of hydrogen-bond acceptors (Lipinski definition) is 6. The van der Waals surface area contributed by atoms with Gasteiger partial charge in [0, 0.05) is 17.3 Å². The molecule has 0 radical (unpaired) electrons. The summed E-state index contributed by atoms with van der Waals surface area (Å²) in [6.45, 7) is 0.417. The smallest absolute Gasteiger partial charge is 0.234 e. The summed E-state index contributed by atoms with van der Waals surface area (Å²) in [5.41, 5.74) is 1.43. The number of aromatic nitrogens is 3. The van der Waals surface area contributed by atoms with E-state index in [1.165, 1.54) is 11.8 Å². The lowest BCUT2D eigenvalue weighted by molar-refractivity contribution is -0.113. The summed E-state index contributed by atoms with van der Waals surface area (Å²) < 4.78 is 12.6. The summed E-state index contributed by atoms with van der Waals surface area (Å²) in [6, 6.07) is 18.3. The predicted molar refractivity (Wildman–Crippen MR) is 121 cm³/mol. The second-order valence-electron chi connectivity index (χ2n) is 6.52. The molecule has 7 nitrogen and oxygen atoms in total. The molecule has 4 rings (SSSR count). The summed E-state index contributed by atoms with van der Waals surface area (Å²) in [4.78, 5) is 12.5. The average molecular weight is 455 g/mol. The van der Waals surface area contributed by atoms with Gasteiger partial charge in [-0.05, 0) is 36.4 Å². The zero-order valence-corrected chi connectivity index (χ0v) is 18.2. The molecule has 1 amide bonds. The Balaban J connectivity index is 1.53. The number of methoxy groups -OCH3 is 1. The van der Waals surface area contributed by atoms with Gasteiger partial charge in [-0.1, -0.05) is 41.6 Å². The number of carbonyl (C=O) groups is 1. The van der Waals surface area contributed by atoms with Crippen LogP contribution in [0.3, 0.4) is 0 Å². The Morgan fingerprint density at radius 2 is 2.03 bits per heavy atom. The number of hydrogen-bond donors (Lipinski definition) is 1. The van der Waals surface area contributed by atoms with Crippen molar-refractivity contribution in [2.75, 3.05) is 18.2 Å². The Morgan fingerprint density at radius 3 is 2.81 bits per heavy atom. The van der Waals surface area contributed by atoms with E-state index in [0.29, 0.717) is 34.0 Å². The summed E-state index contributed by atoms with van der Waals surface area (Å²) in [6.07, 6.45) is 1.61. The maximum absolute atomic E-state index is 12.5. The molecule has 1 N–H and O–H groups in total. The zero-order valence-electron chi connectivity index (χ0n) is 16.6. The fourth-order valence-electron chi connectivity index (χ4n) is 2.97. The molecule has 0 aliphatic carbocycles. The molecular formula is C22H19ClN4O3S. The first kappa shape index (κ1) is 21.0. The first-order valence-corrected chi connectivity index (χ1v) is 10.8. The van der Waals surface area contributed by atoms with Crippen LogP contribution in [-0.2, 0) is 11.3 Å². The number of thioether (sulfide) groups is 1. The van der Waals surface area contributed by atoms with E-state index in [1.807, 2.05) is 47.0 Å². The van der Waals surface area contributed by atoms with Gasteiger partial charge >= 0.3 is 0 Å². The number of carbonyl (C=O) groups excluding carboxylic acids is 1. The standard InChI is InChI=1S/C22H19ClN4O3S/c1-29-16-7-4-6-15(12-16)24-20(28)14-31-22-26-25-21(18-9-2-3-10-19(18)23)27(22)13-17-8-5-11-30-17/h2-12H,13-14H2,1H3,(H,24,28). The van der Waals surface area contributed by atoms with Gasteiger partial charge in [-0.15, -0.1) is 10.2 Å². The van der Waals surface area contributed by atoms with Crippen LogP contribution in [0.1, 0.15) is 5.76 Å². The van der Waals surface area contributed by atoms with Crippen LogP contribution in [-0.4, -0.2) is 33.5 Å². The summed E-state index contributed by atoms with van der Waals surface area (Å²) in [7, 11) is 1.58. The molecule has 9 heteroatoms. The number of benzene rings is 2. The molecule has 0 unspecified atom stereocenters. The van der Waals surface area contributed by atoms with E-state index in [2.05, 4.69) is 15.5 Å². The van der Waals surface area contributed by atoms with Crippen molar-refractivity contribution >= 4 is 35.0 Å². The van der Waals surface area contributed by atoms with Crippen molar-refractivity contribution in [3.8, 4) is 17.1 Å². The lowest BCUT2D eigenvalue weighted by Gasteiger charge is -2.10. The Hall–Kier alpha value is -3.23. The lowest BCUT2D eigenvalue weighted by atomic mass is 10.2. The van der Waals surface area contributed by atoms with Gasteiger partial charge in [0.15, 0.2) is 11.0 Å². The van der Waals surface area contributed by atoms with Crippen LogP contribution in [0.25, 0.3) is 11.4 Å². The van der Waals surface area contributed by atoms with Gasteiger partial charge < -0.3 is 14.5 Å². The van der Waals surface area contributed by atoms with E-state index in [4.69, 9.17) is 20.8 Å². The van der Waals surface area contributed by atoms with E-state index >= 15 is 0 Å². The van der Waals surface area contributed by atoms with E-state index < -0.39 is 0 Å². The SMILES string of the molecule is COc1cccc(NC(=O)CSc2nnc(-c3ccccc3Cl)n2Cc2ccco2)c1. The van der Waals surface area contributed by atoms with Gasteiger partial charge in [0.25, 0.3) is 0 Å². The minimum Gasteiger partial charge on any atom is -0.497 e. The van der Waals surface area contributed by atoms with Crippen molar-refractivity contribution in [1.82, 2.24) is 14.8 Å². The van der Waals surface area contributed by atoms with Crippen molar-refractivity contribution in [2.24, 2.45) is 0 Å². The van der Waals surface area contributed by atoms with Crippen molar-refractivity contribution in [2.45, 2.75) is 11.7 Å². The highest BCUT2D eigenvalue weighted by Gasteiger charge is 2.18. The summed E-state index contributed by atoms with van der Waals surface area (Å²) in [5, 5.41) is 12.7. The number of furan rings is 1. The van der Waals surface area contributed by atoms with Crippen molar-refractivity contribution in [3.05, 3.63) is 77.7 Å². The van der Waals surface area contributed by atoms with Crippen LogP contribution in [0.2, 0.25) is 5.02 Å². The first-order chi connectivity index (χ1) is 15.1. The largest absolute Gasteiger partial charge is 0.497 e. The maximum atomic E-state index is 12.5. The van der Waals surface area contributed by atoms with Gasteiger partial charge in [-0.25, -0.2) is 0 Å². The third-order valence-corrected chi connectivity index (χ3v) is 5.71. The number of rotatable bonds is 8. The fraction of sp³-hybridized carbons (Fsp3) is 0.136. The van der Waals surface area contributed by atoms with E-state index in [1.54, 1.807) is 31.6 Å². The van der Waals surface area contributed by atoms with Gasteiger partial charge in [0.2, 0.25) is 5.91 Å². The van der Waals surface area contributed by atoms with Crippen LogP contribution in [0.4, 0.5) is 5.69 Å². The second-order valence-corrected chi connectivity index (χ2v) is 7.87. The molecule has 4 aromatic rings. The normalized spacial score (nSPS) is 10.8. The highest BCUT2D eigenvalue weighted by atomic mass is 35.5. The Bertz CT molecular complexity index is 1180. The number of halogens is 1. The monoisotopic (exact) mass is 454 g/mol. The second kappa shape index (κ2) is 9.72. The molecular weight excluding hydrogens is 436 g/mol. The number of anilines is 1. The summed E-state index contributed by atoms with van der Waals surface area (Å²) in [5.74, 6) is 2.03. The first-order valence-electron chi connectivity index (χ1n) is 9.41. The zero-order chi connectivity index (χ0) is 21.6. The van der Waals surface area contributed by atoms with Crippen molar-refractivity contribution in [3.63, 3.8) is 0 Å². The van der Waals surface area contributed by atoms with Gasteiger partial charge in [-0.2, -0.15) is 0 Å². The van der Waals surface area contributed by atoms with E-state index in [0.717, 1.165) is 11.3 Å². The van der Waals surface area contributed by atoms with Crippen LogP contribution >= 0.6 is 23.4 Å². The number of nitrogens with zero attached hydrogens (tertiary/aromatic N) is 3. The summed E-state index contributed by atoms with van der Waals surface area (Å²) >= 11 is 7.67. The van der Waals surface area contributed by atoms with Crippen LogP contribution in [0.15, 0.2) is 76.5 Å². The number of amides is 1. The molecule has 0 aliphatic rings. The average Bonchev–Trinajstić information content (AvgIpc) is 3.43. The van der Waals surface area contributed by atoms with E-state index in [-0.39, 0.29) is 11.7 Å². The molecule has 2 aromatic heterocycles. The molecule has 31 heavy (non-hydrogen) atoms. The lowest BCUT2D eigenvalue weighted by Crippen LogP contribution is -2.14. The number of nitrogens with one attached hydrogen (secondary N) is 1. The number of ether oxygens (including phenoxy) is 1. The van der Waals surface area contributed by atoms with Gasteiger partial charge in [0.05, 0.1) is 30.7 Å². The minimum absolute atomic E-state index is 0.162. The van der Waals surface area contributed by atoms with Gasteiger partial charge in [0.1, 0.15) is 11.5 Å². The molecule has 2 heterocycles. The Morgan fingerprint density at radius 1 is 1.16 bits per heavy atom. The van der Waals surface area contributed by atoms with Crippen LogP contribution in [0.5, 0.6) is 5.75 Å². The highest BCUT2D eigenvalue weighted by molar-refractivity contribution is 7.99. The molecule has 2 aromatic carbocycles. The quantitative estimate of drug-likeness (QED) is 0.378. The van der Waals surface area contributed by atoms with Crippen LogP contribution < -0.4 is 10.1 Å². The molecule has 158 valence electrons. The van der Waals surface area contributed by atoms with Crippen molar-refractivity contribution < 1.29 is 13.9 Å². The van der Waals surface area contributed by atoms with Crippen molar-refractivity contribution in [1.29, 1.82) is 0 Å². The molecule has 0 bridgehead atoms.